The molecule has 0 spiro atoms. The van der Waals surface area contributed by atoms with Gasteiger partial charge in [-0.2, -0.15) is 0 Å². The maximum atomic E-state index is 13.7. The van der Waals surface area contributed by atoms with Crippen LogP contribution in [0.15, 0.2) is 71.8 Å². The highest BCUT2D eigenvalue weighted by Crippen LogP contribution is 2.33. The van der Waals surface area contributed by atoms with Crippen molar-refractivity contribution in [3.63, 3.8) is 0 Å². The summed E-state index contributed by atoms with van der Waals surface area (Å²) in [5.41, 5.74) is 2.77. The fraction of sp³-hybridized carbons (Fsp3) is 0.370. The van der Waals surface area contributed by atoms with Crippen LogP contribution in [0, 0.1) is 18.3 Å². The van der Waals surface area contributed by atoms with Crippen LogP contribution in [0.3, 0.4) is 0 Å². The average Bonchev–Trinajstić information content (AvgIpc) is 2.83. The van der Waals surface area contributed by atoms with Crippen molar-refractivity contribution < 1.29 is 4.79 Å². The molecule has 0 aromatic heterocycles. The van der Waals surface area contributed by atoms with Crippen molar-refractivity contribution in [2.75, 3.05) is 12.8 Å². The van der Waals surface area contributed by atoms with E-state index >= 15 is 0 Å². The monoisotopic (exact) mass is 432 g/mol. The number of nitrogens with zero attached hydrogens (tertiary/aromatic N) is 1. The molecule has 1 fully saturated rings. The Bertz CT molecular complexity index is 912. The second-order valence-corrected chi connectivity index (χ2v) is 8.89. The van der Waals surface area contributed by atoms with Crippen molar-refractivity contribution in [1.82, 2.24) is 10.2 Å². The first-order valence-electron chi connectivity index (χ1n) is 11.0. The minimum absolute atomic E-state index is 0.0128. The number of hydrogen-bond donors (Lipinski definition) is 1. The van der Waals surface area contributed by atoms with Crippen molar-refractivity contribution >= 4 is 17.7 Å². The second kappa shape index (κ2) is 11.7. The van der Waals surface area contributed by atoms with Crippen LogP contribution in [0.25, 0.3) is 0 Å². The maximum absolute atomic E-state index is 13.7. The number of amides is 1. The largest absolute Gasteiger partial charge is 0.383 e. The van der Waals surface area contributed by atoms with Crippen LogP contribution in [0.5, 0.6) is 0 Å². The van der Waals surface area contributed by atoms with Crippen molar-refractivity contribution in [3.05, 3.63) is 78.0 Å². The summed E-state index contributed by atoms with van der Waals surface area (Å²) in [5.74, 6) is 3.08. The molecule has 1 saturated carbocycles. The van der Waals surface area contributed by atoms with Gasteiger partial charge >= 0.3 is 0 Å². The molecule has 1 atom stereocenters. The zero-order valence-corrected chi connectivity index (χ0v) is 19.2. The van der Waals surface area contributed by atoms with Gasteiger partial charge in [0, 0.05) is 17.1 Å². The highest BCUT2D eigenvalue weighted by Gasteiger charge is 2.34. The Balaban J connectivity index is 1.89. The predicted octanol–water partition coefficient (Wildman–Crippen LogP) is 5.74. The molecule has 0 heterocycles. The number of thioether (sulfide) groups is 1. The highest BCUT2D eigenvalue weighted by atomic mass is 32.2. The molecule has 1 amide bonds. The van der Waals surface area contributed by atoms with Gasteiger partial charge in [0.15, 0.2) is 0 Å². The summed E-state index contributed by atoms with van der Waals surface area (Å²) in [6, 6.07) is 17.9. The van der Waals surface area contributed by atoms with Crippen molar-refractivity contribution in [2.24, 2.45) is 5.92 Å². The number of benzene rings is 2. The van der Waals surface area contributed by atoms with Gasteiger partial charge in [-0.3, -0.25) is 4.79 Å². The van der Waals surface area contributed by atoms with Crippen LogP contribution in [-0.4, -0.2) is 29.6 Å². The fourth-order valence-corrected chi connectivity index (χ4v) is 5.05. The van der Waals surface area contributed by atoms with E-state index < -0.39 is 0 Å². The molecule has 1 N–H and O–H groups in total. The standard InChI is InChI=1S/C27H32N2OS/c1-4-19-29(27(30)24-17-11-12-18-25(24)31-3)26(23-15-9-6-10-16-23)21(2)28-20-22-13-7-5-8-14-22/h1,5,7-8,11-14,17-18,23,26,28H,2,6,9-10,15-16,19-20H2,3H3. The first kappa shape index (κ1) is 23.0. The SMILES string of the molecule is C#CCN(C(=O)c1ccccc1SC)C(C(=C)NCc1ccccc1)C1CCCCC1. The molecule has 4 heteroatoms. The molecule has 0 bridgehead atoms. The molecule has 3 nitrogen and oxygen atoms in total. The van der Waals surface area contributed by atoms with E-state index in [2.05, 4.69) is 29.9 Å². The summed E-state index contributed by atoms with van der Waals surface area (Å²) in [5, 5.41) is 3.51. The predicted molar refractivity (Wildman–Crippen MR) is 131 cm³/mol. The van der Waals surface area contributed by atoms with Crippen LogP contribution < -0.4 is 5.32 Å². The molecule has 1 unspecified atom stereocenters. The summed E-state index contributed by atoms with van der Waals surface area (Å²) in [6.07, 6.45) is 13.6. The van der Waals surface area contributed by atoms with Gasteiger partial charge in [0.25, 0.3) is 5.91 Å². The lowest BCUT2D eigenvalue weighted by Gasteiger charge is -2.39. The van der Waals surface area contributed by atoms with Gasteiger partial charge in [-0.05, 0) is 42.7 Å². The Morgan fingerprint density at radius 2 is 1.84 bits per heavy atom. The van der Waals surface area contributed by atoms with Gasteiger partial charge in [0.1, 0.15) is 0 Å². The molecule has 3 rings (SSSR count). The molecule has 162 valence electrons. The third-order valence-electron chi connectivity index (χ3n) is 6.01. The Labute approximate surface area is 191 Å². The molecule has 2 aromatic rings. The average molecular weight is 433 g/mol. The van der Waals surface area contributed by atoms with Gasteiger partial charge < -0.3 is 10.2 Å². The van der Waals surface area contributed by atoms with E-state index in [1.165, 1.54) is 24.8 Å². The van der Waals surface area contributed by atoms with Crippen LogP contribution >= 0.6 is 11.8 Å². The minimum Gasteiger partial charge on any atom is -0.383 e. The molecule has 31 heavy (non-hydrogen) atoms. The number of terminal acetylenes is 1. The molecule has 0 aliphatic heterocycles. The number of hydrogen-bond acceptors (Lipinski definition) is 3. The van der Waals surface area contributed by atoms with E-state index in [1.807, 2.05) is 53.6 Å². The van der Waals surface area contributed by atoms with Crippen LogP contribution in [-0.2, 0) is 6.54 Å². The summed E-state index contributed by atoms with van der Waals surface area (Å²) in [7, 11) is 0. The minimum atomic E-state index is -0.123. The van der Waals surface area contributed by atoms with E-state index in [1.54, 1.807) is 11.8 Å². The molecule has 1 aliphatic carbocycles. The first-order chi connectivity index (χ1) is 15.2. The number of carbonyl (C=O) groups is 1. The van der Waals surface area contributed by atoms with Crippen molar-refractivity contribution in [3.8, 4) is 12.3 Å². The van der Waals surface area contributed by atoms with Crippen LogP contribution in [0.4, 0.5) is 0 Å². The first-order valence-corrected chi connectivity index (χ1v) is 12.2. The van der Waals surface area contributed by atoms with E-state index in [0.717, 1.165) is 23.4 Å². The zero-order valence-electron chi connectivity index (χ0n) is 18.3. The van der Waals surface area contributed by atoms with E-state index in [4.69, 9.17) is 6.42 Å². The molecule has 0 saturated heterocycles. The van der Waals surface area contributed by atoms with Gasteiger partial charge in [0.05, 0.1) is 18.2 Å². The van der Waals surface area contributed by atoms with Gasteiger partial charge in [-0.1, -0.05) is 74.2 Å². The Morgan fingerprint density at radius 3 is 2.52 bits per heavy atom. The maximum Gasteiger partial charge on any atom is 0.256 e. The van der Waals surface area contributed by atoms with Crippen molar-refractivity contribution in [1.29, 1.82) is 0 Å². The lowest BCUT2D eigenvalue weighted by Crippen LogP contribution is -2.49. The van der Waals surface area contributed by atoms with E-state index in [0.29, 0.717) is 18.0 Å². The summed E-state index contributed by atoms with van der Waals surface area (Å²) >= 11 is 1.59. The summed E-state index contributed by atoms with van der Waals surface area (Å²) in [6.45, 7) is 5.34. The van der Waals surface area contributed by atoms with Gasteiger partial charge in [0.2, 0.25) is 0 Å². The zero-order chi connectivity index (χ0) is 22.1. The fourth-order valence-electron chi connectivity index (χ4n) is 4.46. The third kappa shape index (κ3) is 5.95. The lowest BCUT2D eigenvalue weighted by molar-refractivity contribution is 0.0643. The smallest absolute Gasteiger partial charge is 0.256 e. The van der Waals surface area contributed by atoms with Gasteiger partial charge in [-0.15, -0.1) is 18.2 Å². The number of rotatable bonds is 9. The van der Waals surface area contributed by atoms with Crippen LogP contribution in [0.1, 0.15) is 48.0 Å². The number of carbonyl (C=O) groups excluding carboxylic acids is 1. The van der Waals surface area contributed by atoms with Gasteiger partial charge in [-0.25, -0.2) is 0 Å². The molecular formula is C27H32N2OS. The van der Waals surface area contributed by atoms with Crippen LogP contribution in [0.2, 0.25) is 0 Å². The van der Waals surface area contributed by atoms with E-state index in [-0.39, 0.29) is 18.5 Å². The Hall–Kier alpha value is -2.64. The van der Waals surface area contributed by atoms with E-state index in [9.17, 15) is 4.79 Å². The quantitative estimate of drug-likeness (QED) is 0.405. The number of nitrogens with one attached hydrogen (secondary N) is 1. The Kier molecular flexibility index (Phi) is 8.67. The summed E-state index contributed by atoms with van der Waals surface area (Å²) < 4.78 is 0. The summed E-state index contributed by atoms with van der Waals surface area (Å²) in [4.78, 5) is 16.6. The highest BCUT2D eigenvalue weighted by molar-refractivity contribution is 7.98. The second-order valence-electron chi connectivity index (χ2n) is 8.04. The van der Waals surface area contributed by atoms with Crippen molar-refractivity contribution in [2.45, 2.75) is 49.6 Å². The Morgan fingerprint density at radius 1 is 1.16 bits per heavy atom. The molecule has 2 aromatic carbocycles. The lowest BCUT2D eigenvalue weighted by atomic mass is 9.81. The topological polar surface area (TPSA) is 32.3 Å². The normalized spacial score (nSPS) is 15.0. The molecule has 1 aliphatic rings. The third-order valence-corrected chi connectivity index (χ3v) is 6.81. The molecule has 0 radical (unpaired) electrons. The molecular weight excluding hydrogens is 400 g/mol.